The number of hydrogen-bond acceptors (Lipinski definition) is 2. The highest BCUT2D eigenvalue weighted by Gasteiger charge is 2.24. The Hall–Kier alpha value is -1.06. The molecule has 0 spiro atoms. The highest BCUT2D eigenvalue weighted by Crippen LogP contribution is 2.31. The number of aromatic nitrogens is 2. The monoisotopic (exact) mass is 337 g/mol. The molecule has 0 unspecified atom stereocenters. The largest absolute Gasteiger partial charge is 0.333 e. The molecular formula is C19H32ClN3. The molecule has 0 radical (unpaired) electrons. The lowest BCUT2D eigenvalue weighted by molar-refractivity contribution is 0.313. The number of benzene rings is 1. The minimum Gasteiger partial charge on any atom is -0.333 e. The van der Waals surface area contributed by atoms with Crippen molar-refractivity contribution in [2.75, 3.05) is 7.05 Å². The average molecular weight is 338 g/mol. The van der Waals surface area contributed by atoms with Crippen molar-refractivity contribution in [3.05, 3.63) is 30.1 Å². The van der Waals surface area contributed by atoms with Gasteiger partial charge >= 0.3 is 0 Å². The summed E-state index contributed by atoms with van der Waals surface area (Å²) in [5.41, 5.74) is 7.06. The van der Waals surface area contributed by atoms with E-state index in [-0.39, 0.29) is 17.8 Å². The zero-order valence-electron chi connectivity index (χ0n) is 15.0. The zero-order chi connectivity index (χ0) is 16.2. The third-order valence-electron chi connectivity index (χ3n) is 4.49. The number of hydrogen-bond donors (Lipinski definition) is 1. The molecule has 0 amide bonds. The van der Waals surface area contributed by atoms with Crippen LogP contribution in [0.25, 0.3) is 11.0 Å². The van der Waals surface area contributed by atoms with E-state index in [0.717, 1.165) is 18.0 Å². The SMILES string of the molecule is CC(C)(C)c1nc2ccccc2n1CC1CCCCC1.CN.Cl. The molecule has 4 heteroatoms. The minimum atomic E-state index is 0. The number of fused-ring (bicyclic) bond motifs is 1. The molecule has 23 heavy (non-hydrogen) atoms. The number of nitrogens with zero attached hydrogens (tertiary/aromatic N) is 2. The predicted molar refractivity (Wildman–Crippen MR) is 102 cm³/mol. The summed E-state index contributed by atoms with van der Waals surface area (Å²) in [6.45, 7) is 7.95. The maximum atomic E-state index is 4.91. The molecule has 1 fully saturated rings. The lowest BCUT2D eigenvalue weighted by Gasteiger charge is -2.26. The molecule has 0 saturated heterocycles. The highest BCUT2D eigenvalue weighted by molar-refractivity contribution is 5.85. The Morgan fingerprint density at radius 3 is 2.30 bits per heavy atom. The van der Waals surface area contributed by atoms with Gasteiger partial charge in [0.1, 0.15) is 5.82 Å². The van der Waals surface area contributed by atoms with Gasteiger partial charge in [0.15, 0.2) is 0 Å². The third-order valence-corrected chi connectivity index (χ3v) is 4.49. The summed E-state index contributed by atoms with van der Waals surface area (Å²) in [7, 11) is 1.50. The van der Waals surface area contributed by atoms with Gasteiger partial charge in [-0.3, -0.25) is 0 Å². The van der Waals surface area contributed by atoms with Crippen LogP contribution in [0.15, 0.2) is 24.3 Å². The molecule has 1 heterocycles. The summed E-state index contributed by atoms with van der Waals surface area (Å²) in [6.07, 6.45) is 7.00. The van der Waals surface area contributed by atoms with Crippen LogP contribution >= 0.6 is 12.4 Å². The van der Waals surface area contributed by atoms with Crippen LogP contribution in [-0.2, 0) is 12.0 Å². The summed E-state index contributed by atoms with van der Waals surface area (Å²) in [6, 6.07) is 8.59. The molecule has 0 bridgehead atoms. The second-order valence-electron chi connectivity index (χ2n) is 7.29. The van der Waals surface area contributed by atoms with Crippen LogP contribution in [0.4, 0.5) is 0 Å². The van der Waals surface area contributed by atoms with Gasteiger partial charge in [-0.15, -0.1) is 12.4 Å². The molecule has 1 aromatic heterocycles. The lowest BCUT2D eigenvalue weighted by atomic mass is 9.88. The first-order valence-electron chi connectivity index (χ1n) is 8.59. The van der Waals surface area contributed by atoms with Gasteiger partial charge in [0, 0.05) is 12.0 Å². The summed E-state index contributed by atoms with van der Waals surface area (Å²) in [4.78, 5) is 4.91. The summed E-state index contributed by atoms with van der Waals surface area (Å²) in [5.74, 6) is 2.08. The van der Waals surface area contributed by atoms with Crippen LogP contribution in [0.1, 0.15) is 58.7 Å². The molecule has 2 aromatic rings. The molecule has 130 valence electrons. The first-order valence-corrected chi connectivity index (χ1v) is 8.59. The van der Waals surface area contributed by atoms with Gasteiger partial charge in [-0.1, -0.05) is 52.2 Å². The Bertz CT molecular complexity index is 592. The molecule has 2 N–H and O–H groups in total. The maximum absolute atomic E-state index is 4.91. The summed E-state index contributed by atoms with van der Waals surface area (Å²) in [5, 5.41) is 0. The highest BCUT2D eigenvalue weighted by atomic mass is 35.5. The van der Waals surface area contributed by atoms with Crippen molar-refractivity contribution in [3.8, 4) is 0 Å². The van der Waals surface area contributed by atoms with Crippen LogP contribution < -0.4 is 5.73 Å². The van der Waals surface area contributed by atoms with Gasteiger partial charge < -0.3 is 10.3 Å². The van der Waals surface area contributed by atoms with E-state index in [4.69, 9.17) is 4.98 Å². The van der Waals surface area contributed by atoms with Gasteiger partial charge in [0.05, 0.1) is 11.0 Å². The van der Waals surface area contributed by atoms with E-state index in [2.05, 4.69) is 55.3 Å². The van der Waals surface area contributed by atoms with E-state index in [1.54, 1.807) is 0 Å². The molecule has 0 atom stereocenters. The first-order chi connectivity index (χ1) is 10.6. The molecular weight excluding hydrogens is 306 g/mol. The van der Waals surface area contributed by atoms with Crippen LogP contribution in [-0.4, -0.2) is 16.6 Å². The zero-order valence-corrected chi connectivity index (χ0v) is 15.8. The van der Waals surface area contributed by atoms with E-state index >= 15 is 0 Å². The summed E-state index contributed by atoms with van der Waals surface area (Å²) >= 11 is 0. The predicted octanol–water partition coefficient (Wildman–Crippen LogP) is 4.91. The van der Waals surface area contributed by atoms with E-state index in [1.165, 1.54) is 50.5 Å². The molecule has 1 aliphatic carbocycles. The second-order valence-corrected chi connectivity index (χ2v) is 7.29. The van der Waals surface area contributed by atoms with Crippen molar-refractivity contribution in [3.63, 3.8) is 0 Å². The van der Waals surface area contributed by atoms with Crippen molar-refractivity contribution < 1.29 is 0 Å². The van der Waals surface area contributed by atoms with Gasteiger partial charge in [-0.05, 0) is 37.9 Å². The maximum Gasteiger partial charge on any atom is 0.115 e. The average Bonchev–Trinajstić information content (AvgIpc) is 2.90. The first kappa shape index (κ1) is 20.0. The third kappa shape index (κ3) is 4.71. The van der Waals surface area contributed by atoms with Crippen LogP contribution in [0.5, 0.6) is 0 Å². The number of nitrogens with two attached hydrogens (primary N) is 1. The quantitative estimate of drug-likeness (QED) is 0.846. The fourth-order valence-electron chi connectivity index (χ4n) is 3.46. The van der Waals surface area contributed by atoms with Crippen LogP contribution in [0.2, 0.25) is 0 Å². The van der Waals surface area contributed by atoms with Gasteiger partial charge in [-0.2, -0.15) is 0 Å². The number of para-hydroxylation sites is 2. The number of rotatable bonds is 2. The van der Waals surface area contributed by atoms with Crippen molar-refractivity contribution in [1.29, 1.82) is 0 Å². The number of imidazole rings is 1. The van der Waals surface area contributed by atoms with Crippen LogP contribution in [0, 0.1) is 5.92 Å². The molecule has 1 saturated carbocycles. The Morgan fingerprint density at radius 1 is 1.09 bits per heavy atom. The molecule has 1 aromatic carbocycles. The van der Waals surface area contributed by atoms with Crippen molar-refractivity contribution in [1.82, 2.24) is 9.55 Å². The fourth-order valence-corrected chi connectivity index (χ4v) is 3.46. The van der Waals surface area contributed by atoms with E-state index in [1.807, 2.05) is 0 Å². The van der Waals surface area contributed by atoms with Crippen LogP contribution in [0.3, 0.4) is 0 Å². The molecule has 3 rings (SSSR count). The standard InChI is InChI=1S/C18H26N2.CH5N.ClH/c1-18(2,3)17-19-15-11-7-8-12-16(15)20(17)13-14-9-5-4-6-10-14;1-2;/h7-8,11-12,14H,4-6,9-10,13H2,1-3H3;2H2,1H3;1H. The Balaban J connectivity index is 0.000000849. The van der Waals surface area contributed by atoms with Gasteiger partial charge in [-0.25, -0.2) is 4.98 Å². The minimum absolute atomic E-state index is 0. The lowest BCUT2D eigenvalue weighted by Crippen LogP contribution is -2.22. The van der Waals surface area contributed by atoms with E-state index in [0.29, 0.717) is 0 Å². The Kier molecular flexibility index (Phi) is 7.56. The Labute approximate surface area is 147 Å². The number of halogens is 1. The second kappa shape index (κ2) is 8.70. The van der Waals surface area contributed by atoms with Gasteiger partial charge in [0.25, 0.3) is 0 Å². The van der Waals surface area contributed by atoms with Gasteiger partial charge in [0.2, 0.25) is 0 Å². The fraction of sp³-hybridized carbons (Fsp3) is 0.632. The van der Waals surface area contributed by atoms with Crippen molar-refractivity contribution in [2.45, 2.75) is 64.8 Å². The Morgan fingerprint density at radius 2 is 1.70 bits per heavy atom. The van der Waals surface area contributed by atoms with Crippen molar-refractivity contribution in [2.24, 2.45) is 11.7 Å². The molecule has 0 aliphatic heterocycles. The van der Waals surface area contributed by atoms with E-state index in [9.17, 15) is 0 Å². The van der Waals surface area contributed by atoms with Crippen molar-refractivity contribution >= 4 is 23.4 Å². The molecule has 1 aliphatic rings. The topological polar surface area (TPSA) is 43.8 Å². The van der Waals surface area contributed by atoms with E-state index < -0.39 is 0 Å². The molecule has 3 nitrogen and oxygen atoms in total. The normalized spacial score (nSPS) is 15.7. The smallest absolute Gasteiger partial charge is 0.115 e. The summed E-state index contributed by atoms with van der Waals surface area (Å²) < 4.78 is 2.49.